The first kappa shape index (κ1) is 13.5. The summed E-state index contributed by atoms with van der Waals surface area (Å²) in [6.45, 7) is 4.35. The Balaban J connectivity index is 2.49. The molecule has 1 rings (SSSR count). The zero-order valence-corrected chi connectivity index (χ0v) is 11.0. The minimum absolute atomic E-state index is 0.231. The maximum absolute atomic E-state index is 12.3. The molecule has 1 fully saturated rings. The highest BCUT2D eigenvalue weighted by molar-refractivity contribution is 5.83. The lowest BCUT2D eigenvalue weighted by atomic mass is 9.62. The highest BCUT2D eigenvalue weighted by Gasteiger charge is 2.48. The predicted octanol–water partition coefficient (Wildman–Crippen LogP) is 0.381. The van der Waals surface area contributed by atoms with Gasteiger partial charge in [-0.2, -0.15) is 0 Å². The third-order valence-corrected chi connectivity index (χ3v) is 3.55. The molecule has 0 aromatic rings. The number of hydrogen-bond donors (Lipinski definition) is 1. The lowest BCUT2D eigenvalue weighted by Gasteiger charge is -2.46. The second-order valence-electron chi connectivity index (χ2n) is 5.53. The molecule has 0 bridgehead atoms. The van der Waals surface area contributed by atoms with Crippen molar-refractivity contribution in [2.75, 3.05) is 40.8 Å². The van der Waals surface area contributed by atoms with Gasteiger partial charge in [-0.1, -0.05) is 6.92 Å². The van der Waals surface area contributed by atoms with E-state index in [-0.39, 0.29) is 11.3 Å². The number of rotatable bonds is 5. The van der Waals surface area contributed by atoms with Crippen LogP contribution in [0.1, 0.15) is 19.8 Å². The second kappa shape index (κ2) is 5.15. The van der Waals surface area contributed by atoms with E-state index < -0.39 is 0 Å². The Morgan fingerprint density at radius 1 is 1.31 bits per heavy atom. The average Bonchev–Trinajstić information content (AvgIpc) is 2.19. The minimum atomic E-state index is -0.250. The van der Waals surface area contributed by atoms with E-state index in [4.69, 9.17) is 5.73 Å². The van der Waals surface area contributed by atoms with Gasteiger partial charge in [-0.15, -0.1) is 0 Å². The summed E-state index contributed by atoms with van der Waals surface area (Å²) in [4.78, 5) is 16.2. The quantitative estimate of drug-likeness (QED) is 0.739. The molecule has 0 spiro atoms. The Kier molecular flexibility index (Phi) is 4.33. The van der Waals surface area contributed by atoms with Gasteiger partial charge in [0.15, 0.2) is 0 Å². The van der Waals surface area contributed by atoms with Gasteiger partial charge < -0.3 is 15.5 Å². The van der Waals surface area contributed by atoms with Crippen LogP contribution in [0, 0.1) is 11.3 Å². The van der Waals surface area contributed by atoms with Crippen molar-refractivity contribution >= 4 is 5.91 Å². The number of nitrogens with two attached hydrogens (primary N) is 1. The average molecular weight is 227 g/mol. The Bertz CT molecular complexity index is 247. The minimum Gasteiger partial charge on any atom is -0.344 e. The molecule has 1 saturated carbocycles. The Labute approximate surface area is 98.8 Å². The fourth-order valence-corrected chi connectivity index (χ4v) is 2.56. The molecule has 0 radical (unpaired) electrons. The van der Waals surface area contributed by atoms with Crippen molar-refractivity contribution in [2.24, 2.45) is 17.1 Å². The third-order valence-electron chi connectivity index (χ3n) is 3.55. The monoisotopic (exact) mass is 227 g/mol. The SMILES string of the molecule is CC1CC(CN)(C(=O)N(C)CCN(C)C)C1. The largest absolute Gasteiger partial charge is 0.344 e. The summed E-state index contributed by atoms with van der Waals surface area (Å²) in [5, 5.41) is 0. The van der Waals surface area contributed by atoms with E-state index in [2.05, 4.69) is 11.8 Å². The summed E-state index contributed by atoms with van der Waals surface area (Å²) >= 11 is 0. The van der Waals surface area contributed by atoms with Crippen LogP contribution in [0.5, 0.6) is 0 Å². The molecule has 4 nitrogen and oxygen atoms in total. The normalized spacial score (nSPS) is 29.0. The van der Waals surface area contributed by atoms with Gasteiger partial charge in [0.2, 0.25) is 5.91 Å². The van der Waals surface area contributed by atoms with E-state index in [1.54, 1.807) is 0 Å². The van der Waals surface area contributed by atoms with E-state index >= 15 is 0 Å². The summed E-state index contributed by atoms with van der Waals surface area (Å²) in [5.41, 5.74) is 5.52. The van der Waals surface area contributed by atoms with Crippen molar-refractivity contribution < 1.29 is 4.79 Å². The summed E-state index contributed by atoms with van der Waals surface area (Å²) in [6, 6.07) is 0. The van der Waals surface area contributed by atoms with Crippen molar-refractivity contribution in [1.29, 1.82) is 0 Å². The van der Waals surface area contributed by atoms with E-state index in [0.717, 1.165) is 25.9 Å². The molecular weight excluding hydrogens is 202 g/mol. The van der Waals surface area contributed by atoms with Crippen LogP contribution < -0.4 is 5.73 Å². The van der Waals surface area contributed by atoms with E-state index in [1.165, 1.54) is 0 Å². The number of amides is 1. The molecule has 0 aromatic carbocycles. The van der Waals surface area contributed by atoms with Gasteiger partial charge >= 0.3 is 0 Å². The van der Waals surface area contributed by atoms with Crippen LogP contribution in [0.25, 0.3) is 0 Å². The van der Waals surface area contributed by atoms with Crippen LogP contribution in [0.3, 0.4) is 0 Å². The molecule has 1 aliphatic rings. The summed E-state index contributed by atoms with van der Waals surface area (Å²) < 4.78 is 0. The maximum atomic E-state index is 12.3. The molecule has 0 atom stereocenters. The molecule has 1 amide bonds. The van der Waals surface area contributed by atoms with Gasteiger partial charge in [-0.25, -0.2) is 0 Å². The van der Waals surface area contributed by atoms with Crippen molar-refractivity contribution in [1.82, 2.24) is 9.80 Å². The van der Waals surface area contributed by atoms with Crippen LogP contribution in [0.4, 0.5) is 0 Å². The molecule has 2 N–H and O–H groups in total. The van der Waals surface area contributed by atoms with Crippen LogP contribution in [0.2, 0.25) is 0 Å². The molecule has 0 aliphatic heterocycles. The first-order chi connectivity index (χ1) is 7.41. The Morgan fingerprint density at radius 2 is 1.88 bits per heavy atom. The van der Waals surface area contributed by atoms with Gasteiger partial charge in [-0.05, 0) is 32.9 Å². The fraction of sp³-hybridized carbons (Fsp3) is 0.917. The third kappa shape index (κ3) is 2.74. The summed E-state index contributed by atoms with van der Waals surface area (Å²) in [7, 11) is 5.91. The van der Waals surface area contributed by atoms with Crippen molar-refractivity contribution in [3.63, 3.8) is 0 Å². The van der Waals surface area contributed by atoms with Crippen LogP contribution in [0.15, 0.2) is 0 Å². The highest BCUT2D eigenvalue weighted by atomic mass is 16.2. The van der Waals surface area contributed by atoms with Crippen molar-refractivity contribution in [3.8, 4) is 0 Å². The summed E-state index contributed by atoms with van der Waals surface area (Å²) in [6.07, 6.45) is 1.91. The maximum Gasteiger partial charge on any atom is 0.229 e. The molecule has 1 aliphatic carbocycles. The van der Waals surface area contributed by atoms with Crippen molar-refractivity contribution in [3.05, 3.63) is 0 Å². The predicted molar refractivity (Wildman–Crippen MR) is 66.1 cm³/mol. The molecule has 94 valence electrons. The van der Waals surface area contributed by atoms with Gasteiger partial charge in [0.05, 0.1) is 5.41 Å². The van der Waals surface area contributed by atoms with Crippen molar-refractivity contribution in [2.45, 2.75) is 19.8 Å². The van der Waals surface area contributed by atoms with Gasteiger partial charge in [-0.3, -0.25) is 4.79 Å². The highest BCUT2D eigenvalue weighted by Crippen LogP contribution is 2.45. The Morgan fingerprint density at radius 3 is 2.25 bits per heavy atom. The first-order valence-corrected chi connectivity index (χ1v) is 6.01. The van der Waals surface area contributed by atoms with Gasteiger partial charge in [0.25, 0.3) is 0 Å². The zero-order chi connectivity index (χ0) is 12.3. The van der Waals surface area contributed by atoms with E-state index in [1.807, 2.05) is 26.0 Å². The van der Waals surface area contributed by atoms with Gasteiger partial charge in [0.1, 0.15) is 0 Å². The molecule has 0 heterocycles. The number of carbonyl (C=O) groups is 1. The first-order valence-electron chi connectivity index (χ1n) is 6.01. The number of hydrogen-bond acceptors (Lipinski definition) is 3. The molecule has 0 aromatic heterocycles. The smallest absolute Gasteiger partial charge is 0.229 e. The standard InChI is InChI=1S/C12H25N3O/c1-10-7-12(8-10,9-13)11(16)15(4)6-5-14(2)3/h10H,5-9,13H2,1-4H3. The number of nitrogens with zero attached hydrogens (tertiary/aromatic N) is 2. The zero-order valence-electron chi connectivity index (χ0n) is 11.0. The topological polar surface area (TPSA) is 49.6 Å². The van der Waals surface area contributed by atoms with E-state index in [9.17, 15) is 4.79 Å². The fourth-order valence-electron chi connectivity index (χ4n) is 2.56. The second-order valence-corrected chi connectivity index (χ2v) is 5.53. The molecule has 0 saturated heterocycles. The van der Waals surface area contributed by atoms with E-state index in [0.29, 0.717) is 12.5 Å². The lowest BCUT2D eigenvalue weighted by Crippen LogP contribution is -2.54. The summed E-state index contributed by atoms with van der Waals surface area (Å²) in [5.74, 6) is 0.879. The number of likely N-dealkylation sites (N-methyl/N-ethyl adjacent to an activating group) is 2. The van der Waals surface area contributed by atoms with Gasteiger partial charge in [0, 0.05) is 26.7 Å². The molecule has 4 heteroatoms. The Hall–Kier alpha value is -0.610. The van der Waals surface area contributed by atoms with Crippen LogP contribution in [-0.2, 0) is 4.79 Å². The molecular formula is C12H25N3O. The van der Waals surface area contributed by atoms with Crippen LogP contribution >= 0.6 is 0 Å². The van der Waals surface area contributed by atoms with Crippen LogP contribution in [-0.4, -0.2) is 56.5 Å². The lowest BCUT2D eigenvalue weighted by molar-refractivity contribution is -0.148. The molecule has 16 heavy (non-hydrogen) atoms. The molecule has 0 unspecified atom stereocenters. The number of carbonyl (C=O) groups excluding carboxylic acids is 1.